The fourth-order valence-corrected chi connectivity index (χ4v) is 5.35. The van der Waals surface area contributed by atoms with Crippen LogP contribution in [-0.2, 0) is 16.6 Å². The van der Waals surface area contributed by atoms with Crippen molar-refractivity contribution >= 4 is 23.4 Å². The van der Waals surface area contributed by atoms with Crippen LogP contribution in [0.15, 0.2) is 23.4 Å². The number of ether oxygens (including phenoxy) is 2. The Morgan fingerprint density at radius 2 is 1.91 bits per heavy atom. The highest BCUT2D eigenvalue weighted by Gasteiger charge is 2.37. The van der Waals surface area contributed by atoms with E-state index in [0.29, 0.717) is 30.7 Å². The van der Waals surface area contributed by atoms with Crippen LogP contribution in [0, 0.1) is 13.8 Å². The highest BCUT2D eigenvalue weighted by Crippen LogP contribution is 2.43. The molecule has 3 heterocycles. The van der Waals surface area contributed by atoms with Gasteiger partial charge in [0.1, 0.15) is 13.2 Å². The molecule has 5 rings (SSSR count). The van der Waals surface area contributed by atoms with E-state index >= 15 is 0 Å². The Labute approximate surface area is 197 Å². The van der Waals surface area contributed by atoms with Crippen LogP contribution in [0.5, 0.6) is 11.5 Å². The fraction of sp³-hybridized carbons (Fsp3) is 0.500. The largest absolute Gasteiger partial charge is 0.486 e. The first-order chi connectivity index (χ1) is 16.0. The maximum Gasteiger partial charge on any atom is 0.253 e. The van der Waals surface area contributed by atoms with Crippen molar-refractivity contribution in [2.24, 2.45) is 0 Å². The Morgan fingerprint density at radius 1 is 1.15 bits per heavy atom. The first-order valence-electron chi connectivity index (χ1n) is 11.4. The summed E-state index contributed by atoms with van der Waals surface area (Å²) in [7, 11) is 0. The summed E-state index contributed by atoms with van der Waals surface area (Å²) in [4.78, 5) is 22.0. The van der Waals surface area contributed by atoms with Gasteiger partial charge in [-0.15, -0.1) is 5.10 Å². The number of nitrogens with one attached hydrogen (secondary N) is 1. The number of hydrogen-bond donors (Lipinski definition) is 1. The van der Waals surface area contributed by atoms with Crippen molar-refractivity contribution < 1.29 is 14.3 Å². The molecule has 1 amide bonds. The van der Waals surface area contributed by atoms with E-state index in [-0.39, 0.29) is 17.7 Å². The third-order valence-corrected chi connectivity index (χ3v) is 7.43. The van der Waals surface area contributed by atoms with Gasteiger partial charge in [-0.25, -0.2) is 9.50 Å². The number of carbonyl (C=O) groups is 1. The smallest absolute Gasteiger partial charge is 0.253 e. The minimum Gasteiger partial charge on any atom is -0.486 e. The second-order valence-corrected chi connectivity index (χ2v) is 9.64. The molecule has 1 aromatic carbocycles. The number of fused-ring (bicyclic) bond motifs is 2. The van der Waals surface area contributed by atoms with E-state index in [9.17, 15) is 4.79 Å². The Balaban J connectivity index is 1.33. The van der Waals surface area contributed by atoms with Gasteiger partial charge in [-0.1, -0.05) is 30.7 Å². The monoisotopic (exact) mass is 467 g/mol. The average molecular weight is 468 g/mol. The Hall–Kier alpha value is -2.81. The van der Waals surface area contributed by atoms with Crippen LogP contribution in [0.4, 0.5) is 0 Å². The third-order valence-electron chi connectivity index (χ3n) is 6.89. The lowest BCUT2D eigenvalue weighted by atomic mass is 9.78. The maximum atomic E-state index is 13.0. The van der Waals surface area contributed by atoms with Gasteiger partial charge in [0.05, 0.1) is 6.42 Å². The molecule has 0 bridgehead atoms. The molecule has 0 unspecified atom stereocenters. The van der Waals surface area contributed by atoms with Crippen LogP contribution in [0.3, 0.4) is 0 Å². The van der Waals surface area contributed by atoms with Crippen LogP contribution < -0.4 is 14.8 Å². The first-order valence-corrected chi connectivity index (χ1v) is 12.7. The minimum absolute atomic E-state index is 0.00336. The average Bonchev–Trinajstić information content (AvgIpc) is 3.48. The van der Waals surface area contributed by atoms with Crippen LogP contribution in [-0.4, -0.2) is 51.5 Å². The second-order valence-electron chi connectivity index (χ2n) is 8.87. The number of aryl methyl sites for hydroxylation is 2. The molecule has 33 heavy (non-hydrogen) atoms. The number of nitrogens with zero attached hydrogens (tertiary/aromatic N) is 4. The van der Waals surface area contributed by atoms with E-state index < -0.39 is 0 Å². The lowest BCUT2D eigenvalue weighted by Crippen LogP contribution is -2.40. The van der Waals surface area contributed by atoms with Gasteiger partial charge < -0.3 is 14.8 Å². The zero-order valence-corrected chi connectivity index (χ0v) is 20.1. The van der Waals surface area contributed by atoms with Crippen molar-refractivity contribution in [3.05, 3.63) is 40.7 Å². The van der Waals surface area contributed by atoms with Crippen LogP contribution in [0.1, 0.15) is 48.2 Å². The number of hydrogen-bond acceptors (Lipinski definition) is 7. The van der Waals surface area contributed by atoms with Gasteiger partial charge in [0.25, 0.3) is 5.78 Å². The van der Waals surface area contributed by atoms with Gasteiger partial charge in [-0.2, -0.15) is 4.98 Å². The predicted molar refractivity (Wildman–Crippen MR) is 126 cm³/mol. The van der Waals surface area contributed by atoms with Crippen molar-refractivity contribution in [1.82, 2.24) is 24.9 Å². The van der Waals surface area contributed by atoms with Gasteiger partial charge in [0.2, 0.25) is 11.1 Å². The quantitative estimate of drug-likeness (QED) is 0.556. The lowest BCUT2D eigenvalue weighted by Gasteiger charge is -2.31. The van der Waals surface area contributed by atoms with Crippen LogP contribution in [0.25, 0.3) is 5.78 Å². The molecular formula is C24H29N5O3S. The molecule has 1 aliphatic heterocycles. The highest BCUT2D eigenvalue weighted by atomic mass is 32.2. The Bertz CT molecular complexity index is 1200. The number of rotatable bonds is 6. The molecule has 0 atom stereocenters. The van der Waals surface area contributed by atoms with Crippen molar-refractivity contribution in [3.63, 3.8) is 0 Å². The molecule has 0 spiro atoms. The van der Waals surface area contributed by atoms with E-state index in [2.05, 4.69) is 32.5 Å². The molecule has 0 radical (unpaired) electrons. The minimum atomic E-state index is -0.0725. The normalized spacial score (nSPS) is 16.8. The summed E-state index contributed by atoms with van der Waals surface area (Å²) in [5, 5.41) is 8.39. The number of aromatic nitrogens is 4. The molecule has 2 aliphatic rings. The van der Waals surface area contributed by atoms with Gasteiger partial charge in [-0.3, -0.25) is 4.79 Å². The predicted octanol–water partition coefficient (Wildman–Crippen LogP) is 3.40. The van der Waals surface area contributed by atoms with E-state index in [1.165, 1.54) is 17.3 Å². The van der Waals surface area contributed by atoms with Gasteiger partial charge in [-0.05, 0) is 50.6 Å². The molecule has 3 aromatic rings. The molecule has 1 fully saturated rings. The van der Waals surface area contributed by atoms with E-state index in [4.69, 9.17) is 9.47 Å². The summed E-state index contributed by atoms with van der Waals surface area (Å²) < 4.78 is 13.2. The molecule has 0 saturated heterocycles. The first kappa shape index (κ1) is 22.0. The Kier molecular flexibility index (Phi) is 5.90. The highest BCUT2D eigenvalue weighted by molar-refractivity contribution is 7.98. The summed E-state index contributed by atoms with van der Waals surface area (Å²) in [6, 6.07) is 6.23. The van der Waals surface area contributed by atoms with Gasteiger partial charge in [0, 0.05) is 28.9 Å². The zero-order valence-electron chi connectivity index (χ0n) is 19.3. The summed E-state index contributed by atoms with van der Waals surface area (Å²) in [6.45, 7) is 5.66. The topological polar surface area (TPSA) is 90.6 Å². The third kappa shape index (κ3) is 4.14. The summed E-state index contributed by atoms with van der Waals surface area (Å²) >= 11 is 1.48. The van der Waals surface area contributed by atoms with E-state index in [1.807, 2.05) is 26.2 Å². The van der Waals surface area contributed by atoms with Crippen molar-refractivity contribution in [3.8, 4) is 11.5 Å². The molecule has 174 valence electrons. The fourth-order valence-electron chi connectivity index (χ4n) is 5.02. The van der Waals surface area contributed by atoms with E-state index in [0.717, 1.165) is 54.1 Å². The molecule has 2 aromatic heterocycles. The summed E-state index contributed by atoms with van der Waals surface area (Å²) in [6.07, 6.45) is 6.63. The molecular weight excluding hydrogens is 438 g/mol. The molecule has 1 saturated carbocycles. The van der Waals surface area contributed by atoms with Gasteiger partial charge >= 0.3 is 0 Å². The van der Waals surface area contributed by atoms with Crippen LogP contribution >= 0.6 is 11.8 Å². The number of carbonyl (C=O) groups excluding carboxylic acids is 1. The van der Waals surface area contributed by atoms with E-state index in [1.54, 1.807) is 4.52 Å². The molecule has 8 nitrogen and oxygen atoms in total. The summed E-state index contributed by atoms with van der Waals surface area (Å²) in [5.74, 6) is 2.17. The summed E-state index contributed by atoms with van der Waals surface area (Å²) in [5.41, 5.74) is 3.77. The van der Waals surface area contributed by atoms with Crippen molar-refractivity contribution in [2.45, 2.75) is 56.5 Å². The van der Waals surface area contributed by atoms with Crippen LogP contribution in [0.2, 0.25) is 0 Å². The number of thioether (sulfide) groups is 1. The molecule has 1 aliphatic carbocycles. The molecule has 9 heteroatoms. The lowest BCUT2D eigenvalue weighted by molar-refractivity contribution is -0.120. The molecule has 1 N–H and O–H groups in total. The standard InChI is InChI=1S/C24H29N5O3S/c1-15-18(16(2)29-22(26-15)27-23(28-29)33-3)13-21(30)25-14-24(8-4-5-9-24)17-6-7-19-20(12-17)32-11-10-31-19/h6-7,12H,4-5,8-11,13-14H2,1-3H3,(H,25,30). The number of benzene rings is 1. The zero-order chi connectivity index (χ0) is 23.0. The SMILES string of the molecule is CSc1nc2nc(C)c(CC(=O)NCC3(c4ccc5c(c4)OCCO5)CCCC3)c(C)n2n1. The maximum absolute atomic E-state index is 13.0. The second kappa shape index (κ2) is 8.85. The van der Waals surface area contributed by atoms with Crippen molar-refractivity contribution in [2.75, 3.05) is 26.0 Å². The van der Waals surface area contributed by atoms with Crippen molar-refractivity contribution in [1.29, 1.82) is 0 Å². The Morgan fingerprint density at radius 3 is 2.67 bits per heavy atom. The number of amides is 1. The van der Waals surface area contributed by atoms with Gasteiger partial charge in [0.15, 0.2) is 11.5 Å².